The standard InChI is InChI=1S/C37H30N6O6S.Cu.2O3S/c38-27-12-10-24(36(20-27)50(47,48)49)9-6-23-7-13-29(14-8-23)40-42-33-21-35(45)34(19-26(33)22-44)43-41-32-17-11-25-18-30(15-16-31(25)37(32)46)39-28-4-2-1-3-5-28;;2*1-4(2)3/h1-21,39,44-46H,22,38H2,(H,47,48,49);;;. The van der Waals surface area contributed by atoms with E-state index < -0.39 is 37.9 Å². The maximum absolute atomic E-state index is 11.7. The Hall–Kier alpha value is -6.65. The molecular weight excluding hydrogens is 880 g/mol. The van der Waals surface area contributed by atoms with Gasteiger partial charge in [0.05, 0.1) is 18.0 Å². The molecular formula is C37H30CuN6O12S3. The number of para-hydroxylation sites is 1. The molecule has 59 heavy (non-hydrogen) atoms. The third-order valence-electron chi connectivity index (χ3n) is 7.58. The molecule has 0 bridgehead atoms. The molecule has 0 amide bonds. The first-order valence-electron chi connectivity index (χ1n) is 16.1. The van der Waals surface area contributed by atoms with E-state index in [-0.39, 0.29) is 61.8 Å². The van der Waals surface area contributed by atoms with Crippen molar-refractivity contribution in [2.24, 2.45) is 20.5 Å². The van der Waals surface area contributed by atoms with Crippen molar-refractivity contribution in [2.75, 3.05) is 11.1 Å². The minimum absolute atomic E-state index is 0. The molecule has 6 rings (SSSR count). The van der Waals surface area contributed by atoms with Crippen LogP contribution in [-0.4, -0.2) is 53.5 Å². The molecule has 0 heterocycles. The van der Waals surface area contributed by atoms with Crippen molar-refractivity contribution in [3.63, 3.8) is 0 Å². The molecule has 0 saturated heterocycles. The van der Waals surface area contributed by atoms with Crippen LogP contribution in [0.2, 0.25) is 0 Å². The second kappa shape index (κ2) is 21.8. The van der Waals surface area contributed by atoms with Gasteiger partial charge in [0.25, 0.3) is 10.1 Å². The molecule has 0 aliphatic carbocycles. The minimum Gasteiger partial charge on any atom is -0.506 e. The number of fused-ring (bicyclic) bond motifs is 1. The molecule has 0 saturated carbocycles. The molecule has 6 aromatic carbocycles. The van der Waals surface area contributed by atoms with E-state index in [1.165, 1.54) is 36.4 Å². The van der Waals surface area contributed by atoms with Crippen molar-refractivity contribution < 1.29 is 70.6 Å². The molecule has 0 aromatic heterocycles. The largest absolute Gasteiger partial charge is 0.506 e. The van der Waals surface area contributed by atoms with E-state index >= 15 is 0 Å². The number of phenolic OH excluding ortho intramolecular Hbond substituents is 2. The van der Waals surface area contributed by atoms with E-state index in [2.05, 4.69) is 25.8 Å². The summed E-state index contributed by atoms with van der Waals surface area (Å²) in [5.74, 6) is -0.330. The molecule has 18 nitrogen and oxygen atoms in total. The summed E-state index contributed by atoms with van der Waals surface area (Å²) in [5.41, 5.74) is 9.91. The smallest absolute Gasteiger partial charge is 0.425 e. The van der Waals surface area contributed by atoms with E-state index in [1.54, 1.807) is 42.5 Å². The van der Waals surface area contributed by atoms with Crippen LogP contribution >= 0.6 is 0 Å². The average Bonchev–Trinajstić information content (AvgIpc) is 3.17. The summed E-state index contributed by atoms with van der Waals surface area (Å²) in [7, 11) is -10.7. The van der Waals surface area contributed by atoms with Gasteiger partial charge >= 0.3 is 21.2 Å². The van der Waals surface area contributed by atoms with Gasteiger partial charge in [-0.25, -0.2) is 0 Å². The fourth-order valence-electron chi connectivity index (χ4n) is 5.03. The number of aliphatic hydroxyl groups excluding tert-OH is 1. The molecule has 0 aliphatic rings. The Kier molecular flexibility index (Phi) is 17.2. The molecule has 1 radical (unpaired) electrons. The van der Waals surface area contributed by atoms with E-state index in [1.807, 2.05) is 48.5 Å². The van der Waals surface area contributed by atoms with Gasteiger partial charge in [0, 0.05) is 51.1 Å². The number of azo groups is 2. The van der Waals surface area contributed by atoms with Crippen molar-refractivity contribution in [3.8, 4) is 11.5 Å². The first-order valence-corrected chi connectivity index (χ1v) is 19.5. The first kappa shape index (κ1) is 46.7. The van der Waals surface area contributed by atoms with Gasteiger partial charge in [-0.15, -0.1) is 35.5 Å². The van der Waals surface area contributed by atoms with E-state index in [9.17, 15) is 28.3 Å². The van der Waals surface area contributed by atoms with Crippen LogP contribution in [0.5, 0.6) is 11.5 Å². The van der Waals surface area contributed by atoms with Gasteiger partial charge in [0.2, 0.25) is 0 Å². The van der Waals surface area contributed by atoms with Crippen LogP contribution in [0.1, 0.15) is 16.7 Å². The summed E-state index contributed by atoms with van der Waals surface area (Å²) in [4.78, 5) is -0.298. The van der Waals surface area contributed by atoms with Crippen LogP contribution in [-0.2, 0) is 55.0 Å². The van der Waals surface area contributed by atoms with Crippen LogP contribution in [0.4, 0.5) is 39.8 Å². The number of nitrogen functional groups attached to an aromatic ring is 1. The number of hydrogen-bond acceptors (Lipinski definition) is 17. The van der Waals surface area contributed by atoms with Crippen LogP contribution in [0.15, 0.2) is 141 Å². The Labute approximate surface area is 349 Å². The molecule has 0 unspecified atom stereocenters. The van der Waals surface area contributed by atoms with Gasteiger partial charge in [-0.3, -0.25) is 4.55 Å². The van der Waals surface area contributed by atoms with Gasteiger partial charge < -0.3 is 26.4 Å². The van der Waals surface area contributed by atoms with Crippen LogP contribution in [0, 0.1) is 0 Å². The monoisotopic (exact) mass is 909 g/mol. The maximum Gasteiger partial charge on any atom is 0.425 e. The van der Waals surface area contributed by atoms with E-state index in [4.69, 9.17) is 31.0 Å². The Morgan fingerprint density at radius 3 is 1.92 bits per heavy atom. The fourth-order valence-corrected chi connectivity index (χ4v) is 5.75. The van der Waals surface area contributed by atoms with Crippen LogP contribution in [0.3, 0.4) is 0 Å². The number of aromatic hydroxyl groups is 2. The molecule has 6 aromatic rings. The average molecular weight is 910 g/mol. The molecule has 0 atom stereocenters. The predicted molar refractivity (Wildman–Crippen MR) is 213 cm³/mol. The molecule has 22 heteroatoms. The Bertz CT molecular complexity index is 2840. The zero-order valence-corrected chi connectivity index (χ0v) is 33.2. The number of nitrogens with two attached hydrogens (primary N) is 1. The molecule has 0 spiro atoms. The Morgan fingerprint density at radius 1 is 0.661 bits per heavy atom. The number of hydrogen-bond donors (Lipinski definition) is 6. The number of nitrogens with zero attached hydrogens (tertiary/aromatic N) is 4. The van der Waals surface area contributed by atoms with Crippen molar-refractivity contribution >= 4 is 94.1 Å². The van der Waals surface area contributed by atoms with Crippen molar-refractivity contribution in [3.05, 3.63) is 132 Å². The zero-order chi connectivity index (χ0) is 42.4. The SMILES string of the molecule is Nc1ccc(C=Cc2ccc(N=Nc3cc(O)c(N=Nc4ccc5cc(Nc6ccccc6)ccc5c4O)cc3CO)cc2)c(S(=O)(=O)O)c1.O=S(=O)=O.O=S(=O)=O.[Cu]. The molecule has 309 valence electrons. The minimum atomic E-state index is -4.46. The number of benzene rings is 6. The normalized spacial score (nSPS) is 11.0. The predicted octanol–water partition coefficient (Wildman–Crippen LogP) is 7.31. The van der Waals surface area contributed by atoms with E-state index in [0.29, 0.717) is 22.2 Å². The zero-order valence-electron chi connectivity index (χ0n) is 29.8. The summed E-state index contributed by atoms with van der Waals surface area (Å²) in [6.45, 7) is -0.419. The second-order valence-electron chi connectivity index (χ2n) is 11.5. The van der Waals surface area contributed by atoms with Gasteiger partial charge in [-0.1, -0.05) is 54.6 Å². The van der Waals surface area contributed by atoms with Gasteiger partial charge in [-0.2, -0.15) is 18.6 Å². The first-order chi connectivity index (χ1) is 27.5. The Morgan fingerprint density at radius 2 is 1.29 bits per heavy atom. The quantitative estimate of drug-likeness (QED) is 0.0258. The van der Waals surface area contributed by atoms with Crippen molar-refractivity contribution in [1.82, 2.24) is 0 Å². The summed E-state index contributed by atoms with van der Waals surface area (Å²) in [6.07, 6.45) is 3.20. The topological polar surface area (TPSA) is 305 Å². The molecule has 0 aliphatic heterocycles. The molecule has 7 N–H and O–H groups in total. The van der Waals surface area contributed by atoms with Gasteiger partial charge in [0.1, 0.15) is 22.0 Å². The third-order valence-corrected chi connectivity index (χ3v) is 8.49. The molecule has 0 fully saturated rings. The summed E-state index contributed by atoms with van der Waals surface area (Å²) in [6, 6.07) is 32.4. The summed E-state index contributed by atoms with van der Waals surface area (Å²) >= 11 is 0. The van der Waals surface area contributed by atoms with Gasteiger partial charge in [-0.05, 0) is 83.2 Å². The maximum atomic E-state index is 11.7. The van der Waals surface area contributed by atoms with Crippen molar-refractivity contribution in [2.45, 2.75) is 11.5 Å². The number of nitrogens with one attached hydrogen (secondary N) is 1. The number of rotatable bonds is 10. The number of anilines is 3. The van der Waals surface area contributed by atoms with Crippen molar-refractivity contribution in [1.29, 1.82) is 0 Å². The number of phenols is 2. The summed E-state index contributed by atoms with van der Waals surface area (Å²) < 4.78 is 83.6. The third kappa shape index (κ3) is 14.4. The van der Waals surface area contributed by atoms with E-state index in [0.717, 1.165) is 16.8 Å². The van der Waals surface area contributed by atoms with Crippen LogP contribution < -0.4 is 11.1 Å². The van der Waals surface area contributed by atoms with Crippen LogP contribution in [0.25, 0.3) is 22.9 Å². The van der Waals surface area contributed by atoms with Gasteiger partial charge in [0.15, 0.2) is 5.75 Å². The summed E-state index contributed by atoms with van der Waals surface area (Å²) in [5, 5.41) is 52.9. The fraction of sp³-hybridized carbons (Fsp3) is 0.0270. The number of aliphatic hydroxyl groups is 1. The Balaban J connectivity index is 0.000000949. The second-order valence-corrected chi connectivity index (χ2v) is 13.7.